The highest BCUT2D eigenvalue weighted by molar-refractivity contribution is 6.30. The second kappa shape index (κ2) is 9.17. The molecule has 162 valence electrons. The van der Waals surface area contributed by atoms with Crippen molar-refractivity contribution in [2.24, 2.45) is 5.92 Å². The molecule has 1 fully saturated rings. The fourth-order valence-electron chi connectivity index (χ4n) is 5.37. The maximum absolute atomic E-state index is 6.22. The van der Waals surface area contributed by atoms with Gasteiger partial charge in [-0.15, -0.1) is 0 Å². The number of hydrogen-bond acceptors (Lipinski definition) is 1. The predicted octanol–water partition coefficient (Wildman–Crippen LogP) is 8.69. The average molecular weight is 461 g/mol. The molecule has 1 saturated carbocycles. The molecule has 0 unspecified atom stereocenters. The van der Waals surface area contributed by atoms with Gasteiger partial charge in [0.25, 0.3) is 0 Å². The van der Waals surface area contributed by atoms with Crippen molar-refractivity contribution in [2.45, 2.75) is 31.1 Å². The third kappa shape index (κ3) is 4.25. The lowest BCUT2D eigenvalue weighted by Crippen LogP contribution is -2.18. The molecule has 0 amide bonds. The van der Waals surface area contributed by atoms with Gasteiger partial charge in [-0.3, -0.25) is 0 Å². The van der Waals surface area contributed by atoms with Crippen molar-refractivity contribution in [2.75, 3.05) is 7.11 Å². The Balaban J connectivity index is 1.57. The van der Waals surface area contributed by atoms with Gasteiger partial charge in [-0.2, -0.15) is 0 Å². The fraction of sp³-hybridized carbons (Fsp3) is 0.241. The van der Waals surface area contributed by atoms with Gasteiger partial charge in [0.1, 0.15) is 5.75 Å². The van der Waals surface area contributed by atoms with Gasteiger partial charge >= 0.3 is 0 Å². The monoisotopic (exact) mass is 460 g/mol. The molecule has 32 heavy (non-hydrogen) atoms. The SMILES string of the molecule is COc1ccc([C@H]2C=C3/C(=C/c4ccc(Cl)cc4)CCC[C@H]3[C@@H]2c2ccc(Cl)cc2)cc1. The number of ether oxygens (including phenoxy) is 1. The number of hydrogen-bond donors (Lipinski definition) is 0. The number of halogens is 2. The van der Waals surface area contributed by atoms with Crippen LogP contribution in [-0.2, 0) is 0 Å². The Morgan fingerprint density at radius 3 is 2.09 bits per heavy atom. The zero-order valence-electron chi connectivity index (χ0n) is 18.1. The van der Waals surface area contributed by atoms with Crippen LogP contribution in [0.2, 0.25) is 10.0 Å². The maximum Gasteiger partial charge on any atom is 0.118 e. The molecule has 0 N–H and O–H groups in total. The molecule has 0 saturated heterocycles. The Kier molecular flexibility index (Phi) is 6.13. The average Bonchev–Trinajstić information content (AvgIpc) is 3.22. The molecule has 0 spiro atoms. The number of fused-ring (bicyclic) bond motifs is 1. The zero-order valence-corrected chi connectivity index (χ0v) is 19.6. The molecular formula is C29H26Cl2O. The minimum atomic E-state index is 0.328. The summed E-state index contributed by atoms with van der Waals surface area (Å²) in [4.78, 5) is 0. The van der Waals surface area contributed by atoms with Crippen molar-refractivity contribution in [1.29, 1.82) is 0 Å². The van der Waals surface area contributed by atoms with E-state index in [1.807, 2.05) is 24.3 Å². The Bertz CT molecular complexity index is 1140. The molecule has 0 aliphatic heterocycles. The number of allylic oxidation sites excluding steroid dienone is 3. The Hall–Kier alpha value is -2.48. The lowest BCUT2D eigenvalue weighted by Gasteiger charge is -2.31. The van der Waals surface area contributed by atoms with Crippen molar-refractivity contribution < 1.29 is 4.74 Å². The molecule has 3 aromatic rings. The van der Waals surface area contributed by atoms with E-state index in [4.69, 9.17) is 27.9 Å². The Morgan fingerprint density at radius 2 is 1.44 bits per heavy atom. The van der Waals surface area contributed by atoms with Crippen LogP contribution >= 0.6 is 23.2 Å². The van der Waals surface area contributed by atoms with E-state index in [1.54, 1.807) is 7.11 Å². The Labute approximate surface area is 200 Å². The third-order valence-electron chi connectivity index (χ3n) is 6.88. The smallest absolute Gasteiger partial charge is 0.118 e. The van der Waals surface area contributed by atoms with Gasteiger partial charge in [0, 0.05) is 21.9 Å². The van der Waals surface area contributed by atoms with Crippen LogP contribution in [0.4, 0.5) is 0 Å². The zero-order chi connectivity index (χ0) is 22.1. The molecule has 3 atom stereocenters. The van der Waals surface area contributed by atoms with Crippen molar-refractivity contribution in [3.63, 3.8) is 0 Å². The summed E-state index contributed by atoms with van der Waals surface area (Å²) in [6.07, 6.45) is 8.41. The lowest BCUT2D eigenvalue weighted by molar-refractivity contribution is 0.413. The van der Waals surface area contributed by atoms with Crippen molar-refractivity contribution >= 4 is 29.3 Å². The van der Waals surface area contributed by atoms with Crippen LogP contribution in [0.1, 0.15) is 47.8 Å². The van der Waals surface area contributed by atoms with E-state index in [1.165, 1.54) is 40.7 Å². The molecular weight excluding hydrogens is 435 g/mol. The van der Waals surface area contributed by atoms with E-state index < -0.39 is 0 Å². The van der Waals surface area contributed by atoms with Gasteiger partial charge in [0.05, 0.1) is 7.11 Å². The fourth-order valence-corrected chi connectivity index (χ4v) is 5.62. The van der Waals surface area contributed by atoms with Gasteiger partial charge in [0.15, 0.2) is 0 Å². The predicted molar refractivity (Wildman–Crippen MR) is 135 cm³/mol. The molecule has 0 bridgehead atoms. The van der Waals surface area contributed by atoms with Crippen molar-refractivity contribution in [3.05, 3.63) is 117 Å². The van der Waals surface area contributed by atoms with Crippen LogP contribution < -0.4 is 4.74 Å². The first-order valence-corrected chi connectivity index (χ1v) is 12.0. The summed E-state index contributed by atoms with van der Waals surface area (Å²) in [5.74, 6) is 2.14. The summed E-state index contributed by atoms with van der Waals surface area (Å²) in [5, 5.41) is 1.56. The van der Waals surface area contributed by atoms with Crippen LogP contribution in [0.3, 0.4) is 0 Å². The van der Waals surface area contributed by atoms with Gasteiger partial charge in [-0.25, -0.2) is 0 Å². The normalized spacial score (nSPS) is 23.7. The molecule has 1 nitrogen and oxygen atoms in total. The van der Waals surface area contributed by atoms with Gasteiger partial charge < -0.3 is 4.74 Å². The summed E-state index contributed by atoms with van der Waals surface area (Å²) in [7, 11) is 1.71. The molecule has 5 rings (SSSR count). The molecule has 0 radical (unpaired) electrons. The highest BCUT2D eigenvalue weighted by atomic mass is 35.5. The minimum absolute atomic E-state index is 0.328. The topological polar surface area (TPSA) is 9.23 Å². The largest absolute Gasteiger partial charge is 0.497 e. The van der Waals surface area contributed by atoms with Crippen LogP contribution in [0.5, 0.6) is 5.75 Å². The molecule has 2 aliphatic rings. The highest BCUT2D eigenvalue weighted by Gasteiger charge is 2.41. The van der Waals surface area contributed by atoms with Crippen LogP contribution in [0.15, 0.2) is 90.0 Å². The number of rotatable bonds is 4. The molecule has 0 heterocycles. The van der Waals surface area contributed by atoms with E-state index in [9.17, 15) is 0 Å². The first-order chi connectivity index (χ1) is 15.6. The summed E-state index contributed by atoms with van der Waals surface area (Å²) in [5.41, 5.74) is 6.87. The first-order valence-electron chi connectivity index (χ1n) is 11.2. The van der Waals surface area contributed by atoms with Gasteiger partial charge in [-0.05, 0) is 89.4 Å². The van der Waals surface area contributed by atoms with Gasteiger partial charge in [-0.1, -0.05) is 71.8 Å². The summed E-state index contributed by atoms with van der Waals surface area (Å²) in [6, 6.07) is 25.2. The van der Waals surface area contributed by atoms with E-state index >= 15 is 0 Å². The summed E-state index contributed by atoms with van der Waals surface area (Å²) >= 11 is 12.3. The molecule has 2 aliphatic carbocycles. The minimum Gasteiger partial charge on any atom is -0.497 e. The quantitative estimate of drug-likeness (QED) is 0.378. The van der Waals surface area contributed by atoms with Crippen molar-refractivity contribution in [1.82, 2.24) is 0 Å². The first kappa shape index (κ1) is 21.4. The molecule has 0 aromatic heterocycles. The van der Waals surface area contributed by atoms with Gasteiger partial charge in [0.2, 0.25) is 0 Å². The van der Waals surface area contributed by atoms with Crippen LogP contribution in [0, 0.1) is 5.92 Å². The second-order valence-electron chi connectivity index (χ2n) is 8.72. The van der Waals surface area contributed by atoms with Crippen LogP contribution in [-0.4, -0.2) is 7.11 Å². The second-order valence-corrected chi connectivity index (χ2v) is 9.59. The van der Waals surface area contributed by atoms with Crippen LogP contribution in [0.25, 0.3) is 6.08 Å². The van der Waals surface area contributed by atoms with Crippen molar-refractivity contribution in [3.8, 4) is 5.75 Å². The Morgan fingerprint density at radius 1 is 0.812 bits per heavy atom. The number of benzene rings is 3. The lowest BCUT2D eigenvalue weighted by atomic mass is 9.72. The molecule has 3 aromatic carbocycles. The maximum atomic E-state index is 6.22. The molecule has 3 heteroatoms. The third-order valence-corrected chi connectivity index (χ3v) is 7.38. The summed E-state index contributed by atoms with van der Waals surface area (Å²) < 4.78 is 5.39. The van der Waals surface area contributed by atoms with E-state index in [2.05, 4.69) is 60.7 Å². The van der Waals surface area contributed by atoms with E-state index in [0.717, 1.165) is 22.2 Å². The van der Waals surface area contributed by atoms with E-state index in [-0.39, 0.29) is 0 Å². The highest BCUT2D eigenvalue weighted by Crippen LogP contribution is 2.55. The van der Waals surface area contributed by atoms with E-state index in [0.29, 0.717) is 17.8 Å². The number of methoxy groups -OCH3 is 1. The standard InChI is InChI=1S/C29H26Cl2O/c1-32-25-15-9-20(10-16-25)28-18-27-22(17-19-5-11-23(30)12-6-19)3-2-4-26(27)29(28)21-7-13-24(31)14-8-21/h5-18,26,28-29H,2-4H2,1H3/b22-17+/t26-,28-,29+/m1/s1. The summed E-state index contributed by atoms with van der Waals surface area (Å²) in [6.45, 7) is 0.